The molecule has 0 saturated heterocycles. The van der Waals surface area contributed by atoms with E-state index in [1.165, 1.54) is 23.7 Å². The number of hydrogen-bond acceptors (Lipinski definition) is 5. The maximum Gasteiger partial charge on any atom is 0.381 e. The highest BCUT2D eigenvalue weighted by Gasteiger charge is 2.58. The number of fused-ring (bicyclic) bond motifs is 5. The molecule has 2 saturated carbocycles. The van der Waals surface area contributed by atoms with E-state index >= 15 is 0 Å². The van der Waals surface area contributed by atoms with Gasteiger partial charge in [0.05, 0.1) is 12.1 Å². The number of benzene rings is 1. The normalized spacial score (nSPS) is 36.4. The number of aryl methyl sites for hydroxylation is 1. The van der Waals surface area contributed by atoms with Gasteiger partial charge in [-0.25, -0.2) is 0 Å². The van der Waals surface area contributed by atoms with Crippen molar-refractivity contribution in [2.45, 2.75) is 57.1 Å². The molecule has 7 heteroatoms. The molecule has 6 atom stereocenters. The van der Waals surface area contributed by atoms with Crippen molar-refractivity contribution in [3.63, 3.8) is 0 Å². The fourth-order valence-electron chi connectivity index (χ4n) is 6.44. The summed E-state index contributed by atoms with van der Waals surface area (Å²) in [5.74, 6) is 1.49. The van der Waals surface area contributed by atoms with Crippen molar-refractivity contribution in [3.05, 3.63) is 52.0 Å². The van der Waals surface area contributed by atoms with Crippen LogP contribution in [0.5, 0.6) is 5.75 Å². The van der Waals surface area contributed by atoms with Crippen LogP contribution in [0.4, 0.5) is 5.82 Å². The summed E-state index contributed by atoms with van der Waals surface area (Å²) in [6.45, 7) is 2.19. The lowest BCUT2D eigenvalue weighted by Crippen LogP contribution is -2.44. The van der Waals surface area contributed by atoms with Gasteiger partial charge in [0, 0.05) is 0 Å². The van der Waals surface area contributed by atoms with Crippen LogP contribution in [0.2, 0.25) is 0 Å². The highest BCUT2D eigenvalue weighted by Crippen LogP contribution is 2.63. The molecule has 0 bridgehead atoms. The number of aliphatic hydroxyl groups is 1. The van der Waals surface area contributed by atoms with E-state index < -0.39 is 11.0 Å². The number of aromatic nitrogens is 2. The molecule has 2 N–H and O–H groups in total. The largest absolute Gasteiger partial charge is 0.508 e. The lowest BCUT2D eigenvalue weighted by atomic mass is 9.55. The Morgan fingerprint density at radius 3 is 2.93 bits per heavy atom. The van der Waals surface area contributed by atoms with Gasteiger partial charge >= 0.3 is 5.82 Å². The van der Waals surface area contributed by atoms with E-state index in [-0.39, 0.29) is 17.3 Å². The molecule has 1 aromatic heterocycles. The number of imidazole rings is 1. The van der Waals surface area contributed by atoms with Crippen LogP contribution in [0.1, 0.15) is 55.7 Å². The molecule has 0 spiro atoms. The Hall–Kier alpha value is -2.41. The van der Waals surface area contributed by atoms with Crippen LogP contribution < -0.4 is 0 Å². The molecule has 6 unspecified atom stereocenters. The van der Waals surface area contributed by atoms with Gasteiger partial charge in [0.1, 0.15) is 11.9 Å². The van der Waals surface area contributed by atoms with Crippen LogP contribution in [-0.4, -0.2) is 30.8 Å². The lowest BCUT2D eigenvalue weighted by Gasteiger charge is -2.50. The Morgan fingerprint density at radius 1 is 1.36 bits per heavy atom. The molecule has 0 aliphatic heterocycles. The van der Waals surface area contributed by atoms with E-state index in [0.717, 1.165) is 32.1 Å². The molecule has 2 fully saturated rings. The molecule has 3 aliphatic carbocycles. The van der Waals surface area contributed by atoms with Gasteiger partial charge in [-0.3, -0.25) is 0 Å². The summed E-state index contributed by atoms with van der Waals surface area (Å²) in [5.41, 5.74) is 2.43. The number of nitro groups is 1. The molecule has 0 radical (unpaired) electrons. The van der Waals surface area contributed by atoms with Gasteiger partial charge in [-0.1, -0.05) is 13.0 Å². The summed E-state index contributed by atoms with van der Waals surface area (Å²) in [6, 6.07) is 5.59. The number of phenolic OH excluding ortho intramolecular Hbond substituents is 1. The third kappa shape index (κ3) is 2.42. The molecule has 3 aliphatic rings. The van der Waals surface area contributed by atoms with E-state index in [1.807, 2.05) is 6.07 Å². The van der Waals surface area contributed by atoms with Crippen molar-refractivity contribution < 1.29 is 15.1 Å². The van der Waals surface area contributed by atoms with Gasteiger partial charge in [0.25, 0.3) is 0 Å². The zero-order chi connectivity index (χ0) is 19.6. The summed E-state index contributed by atoms with van der Waals surface area (Å²) in [6.07, 6.45) is 7.21. The van der Waals surface area contributed by atoms with E-state index in [4.69, 9.17) is 0 Å². The first-order chi connectivity index (χ1) is 13.4. The fraction of sp³-hybridized carbons (Fsp3) is 0.571. The fourth-order valence-corrected chi connectivity index (χ4v) is 6.44. The van der Waals surface area contributed by atoms with E-state index in [0.29, 0.717) is 23.5 Å². The van der Waals surface area contributed by atoms with Gasteiger partial charge in [-0.2, -0.15) is 0 Å². The molecule has 1 aromatic carbocycles. The van der Waals surface area contributed by atoms with E-state index in [9.17, 15) is 20.3 Å². The molecule has 148 valence electrons. The summed E-state index contributed by atoms with van der Waals surface area (Å²) in [5, 5.41) is 32.0. The Morgan fingerprint density at radius 2 is 2.18 bits per heavy atom. The smallest absolute Gasteiger partial charge is 0.381 e. The van der Waals surface area contributed by atoms with Crippen molar-refractivity contribution in [2.75, 3.05) is 0 Å². The third-order valence-corrected chi connectivity index (χ3v) is 7.84. The zero-order valence-corrected chi connectivity index (χ0v) is 15.9. The Labute approximate surface area is 163 Å². The predicted molar refractivity (Wildman–Crippen MR) is 102 cm³/mol. The molecule has 2 aromatic rings. The number of hydrogen-bond donors (Lipinski definition) is 2. The number of aromatic hydroxyl groups is 1. The second-order valence-corrected chi connectivity index (χ2v) is 9.03. The monoisotopic (exact) mass is 383 g/mol. The van der Waals surface area contributed by atoms with Crippen LogP contribution in [0.15, 0.2) is 30.7 Å². The maximum atomic E-state index is 11.2. The average molecular weight is 383 g/mol. The Balaban J connectivity index is 1.47. The van der Waals surface area contributed by atoms with Crippen LogP contribution in [0.3, 0.4) is 0 Å². The number of aliphatic hydroxyl groups excluding tert-OH is 1. The van der Waals surface area contributed by atoms with Crippen molar-refractivity contribution in [2.24, 2.45) is 17.3 Å². The van der Waals surface area contributed by atoms with Gasteiger partial charge < -0.3 is 24.9 Å². The van der Waals surface area contributed by atoms with Crippen LogP contribution in [0, 0.1) is 27.4 Å². The first-order valence-corrected chi connectivity index (χ1v) is 10.1. The van der Waals surface area contributed by atoms with Gasteiger partial charge in [0.15, 0.2) is 0 Å². The molecule has 28 heavy (non-hydrogen) atoms. The molecule has 7 nitrogen and oxygen atoms in total. The third-order valence-electron chi connectivity index (χ3n) is 7.84. The summed E-state index contributed by atoms with van der Waals surface area (Å²) in [7, 11) is 0. The van der Waals surface area contributed by atoms with Gasteiger partial charge in [0.2, 0.25) is 6.33 Å². The zero-order valence-electron chi connectivity index (χ0n) is 15.9. The maximum absolute atomic E-state index is 11.2. The van der Waals surface area contributed by atoms with Gasteiger partial charge in [-0.05, 0) is 88.4 Å². The number of rotatable bonds is 2. The molecule has 0 amide bonds. The van der Waals surface area contributed by atoms with Crippen molar-refractivity contribution in [1.82, 2.24) is 9.55 Å². The van der Waals surface area contributed by atoms with Crippen LogP contribution in [-0.2, 0) is 6.42 Å². The van der Waals surface area contributed by atoms with Gasteiger partial charge in [-0.15, -0.1) is 0 Å². The standard InChI is InChI=1S/C21H25N3O4/c1-21-7-6-15-14-5-3-13(25)8-12(14)2-4-16(15)17(21)9-18(20(21)26)23-10-19(22-11-23)24(27)28/h3,5,8,10-11,15-18,20,25-26H,2,4,6-7,9H2,1H3. The number of phenols is 1. The average Bonchev–Trinajstić information content (AvgIpc) is 3.25. The first-order valence-electron chi connectivity index (χ1n) is 10.1. The first kappa shape index (κ1) is 17.7. The SMILES string of the molecule is CC12CCC3c4ccc(O)cc4CCC3C1CC(n1cnc([N+](=O)[O-])c1)C2O. The van der Waals surface area contributed by atoms with Crippen molar-refractivity contribution >= 4 is 5.82 Å². The quantitative estimate of drug-likeness (QED) is 0.610. The highest BCUT2D eigenvalue weighted by atomic mass is 16.6. The van der Waals surface area contributed by atoms with Crippen molar-refractivity contribution in [1.29, 1.82) is 0 Å². The summed E-state index contributed by atoms with van der Waals surface area (Å²) in [4.78, 5) is 14.4. The molecule has 1 heterocycles. The second kappa shape index (κ2) is 6.04. The lowest BCUT2D eigenvalue weighted by molar-refractivity contribution is -0.389. The minimum Gasteiger partial charge on any atom is -0.508 e. The molecule has 5 rings (SSSR count). The Kier molecular flexibility index (Phi) is 3.81. The van der Waals surface area contributed by atoms with E-state index in [2.05, 4.69) is 18.0 Å². The van der Waals surface area contributed by atoms with Crippen LogP contribution >= 0.6 is 0 Å². The van der Waals surface area contributed by atoms with Crippen LogP contribution in [0.25, 0.3) is 0 Å². The molecular weight excluding hydrogens is 358 g/mol. The van der Waals surface area contributed by atoms with Crippen molar-refractivity contribution in [3.8, 4) is 5.75 Å². The minimum absolute atomic E-state index is 0.170. The second-order valence-electron chi connectivity index (χ2n) is 9.03. The summed E-state index contributed by atoms with van der Waals surface area (Å²) >= 11 is 0. The highest BCUT2D eigenvalue weighted by molar-refractivity contribution is 5.40. The number of nitrogens with zero attached hydrogens (tertiary/aromatic N) is 3. The van der Waals surface area contributed by atoms with E-state index in [1.54, 1.807) is 10.6 Å². The Bertz CT molecular complexity index is 941. The topological polar surface area (TPSA) is 101 Å². The molecular formula is C21H25N3O4. The predicted octanol–water partition coefficient (Wildman–Crippen LogP) is 3.57. The summed E-state index contributed by atoms with van der Waals surface area (Å²) < 4.78 is 1.75. The minimum atomic E-state index is -0.534.